The Hall–Kier alpha value is -3.21. The predicted octanol–water partition coefficient (Wildman–Crippen LogP) is 4.09. The molecule has 0 saturated heterocycles. The fourth-order valence-electron chi connectivity index (χ4n) is 2.78. The first-order valence-electron chi connectivity index (χ1n) is 10.3. The molecule has 0 aliphatic heterocycles. The zero-order valence-electron chi connectivity index (χ0n) is 19.0. The third-order valence-electron chi connectivity index (χ3n) is 4.48. The number of nitrogens with zero attached hydrogens (tertiary/aromatic N) is 2. The second-order valence-corrected chi connectivity index (χ2v) is 7.75. The summed E-state index contributed by atoms with van der Waals surface area (Å²) in [5.41, 5.74) is 2.18. The van der Waals surface area contributed by atoms with Crippen molar-refractivity contribution in [2.45, 2.75) is 47.0 Å². The Balaban J connectivity index is 2.02. The molecule has 8 nitrogen and oxygen atoms in total. The quantitative estimate of drug-likeness (QED) is 0.538. The summed E-state index contributed by atoms with van der Waals surface area (Å²) in [7, 11) is 0. The number of halogens is 3. The average molecular weight is 468 g/mol. The first-order chi connectivity index (χ1) is 15.4. The van der Waals surface area contributed by atoms with Crippen molar-refractivity contribution in [2.24, 2.45) is 5.92 Å². The van der Waals surface area contributed by atoms with Crippen LogP contribution in [-0.4, -0.2) is 41.4 Å². The summed E-state index contributed by atoms with van der Waals surface area (Å²) in [4.78, 5) is 33.0. The SMILES string of the molecule is Cc1cc(C(C)NC(=O)c2cnc(OCCOC(F)(F)F)c(C)c2)cc(NC(=O)C(C)C)n1. The van der Waals surface area contributed by atoms with Crippen LogP contribution in [0.15, 0.2) is 24.4 Å². The molecule has 0 bridgehead atoms. The molecule has 11 heteroatoms. The fourth-order valence-corrected chi connectivity index (χ4v) is 2.78. The number of ether oxygens (including phenoxy) is 2. The van der Waals surface area contributed by atoms with Gasteiger partial charge in [-0.25, -0.2) is 9.97 Å². The molecule has 1 atom stereocenters. The summed E-state index contributed by atoms with van der Waals surface area (Å²) >= 11 is 0. The van der Waals surface area contributed by atoms with Gasteiger partial charge in [0.05, 0.1) is 18.2 Å². The molecule has 2 aromatic heterocycles. The number of aromatic nitrogens is 2. The van der Waals surface area contributed by atoms with Gasteiger partial charge >= 0.3 is 6.36 Å². The highest BCUT2D eigenvalue weighted by molar-refractivity contribution is 5.94. The maximum Gasteiger partial charge on any atom is 0.522 e. The van der Waals surface area contributed by atoms with Crippen molar-refractivity contribution in [3.8, 4) is 5.88 Å². The molecule has 0 aliphatic rings. The Bertz CT molecular complexity index is 996. The number of hydrogen-bond acceptors (Lipinski definition) is 6. The lowest BCUT2D eigenvalue weighted by Crippen LogP contribution is -2.27. The summed E-state index contributed by atoms with van der Waals surface area (Å²) in [6.07, 6.45) is -3.44. The molecule has 0 radical (unpaired) electrons. The van der Waals surface area contributed by atoms with Gasteiger partial charge in [0.2, 0.25) is 11.8 Å². The van der Waals surface area contributed by atoms with Crippen LogP contribution in [0.1, 0.15) is 54.0 Å². The number of aryl methyl sites for hydroxylation is 2. The molecule has 0 saturated carbocycles. The van der Waals surface area contributed by atoms with Crippen LogP contribution >= 0.6 is 0 Å². The minimum Gasteiger partial charge on any atom is -0.475 e. The van der Waals surface area contributed by atoms with Gasteiger partial charge < -0.3 is 15.4 Å². The number of anilines is 1. The van der Waals surface area contributed by atoms with Crippen LogP contribution in [0, 0.1) is 19.8 Å². The van der Waals surface area contributed by atoms with Crippen molar-refractivity contribution in [3.05, 3.63) is 46.8 Å². The van der Waals surface area contributed by atoms with Gasteiger partial charge in [-0.1, -0.05) is 13.8 Å². The highest BCUT2D eigenvalue weighted by Gasteiger charge is 2.28. The average Bonchev–Trinajstić information content (AvgIpc) is 2.70. The van der Waals surface area contributed by atoms with Crippen LogP contribution in [0.2, 0.25) is 0 Å². The highest BCUT2D eigenvalue weighted by atomic mass is 19.4. The normalized spacial score (nSPS) is 12.4. The Morgan fingerprint density at radius 1 is 1.09 bits per heavy atom. The molecule has 2 rings (SSSR count). The van der Waals surface area contributed by atoms with E-state index in [-0.39, 0.29) is 29.9 Å². The van der Waals surface area contributed by atoms with Gasteiger partial charge in [0.1, 0.15) is 12.4 Å². The first kappa shape index (κ1) is 26.0. The Morgan fingerprint density at radius 2 is 1.79 bits per heavy atom. The van der Waals surface area contributed by atoms with E-state index in [2.05, 4.69) is 25.3 Å². The van der Waals surface area contributed by atoms with Crippen molar-refractivity contribution >= 4 is 17.6 Å². The molecular weight excluding hydrogens is 441 g/mol. The van der Waals surface area contributed by atoms with Crippen LogP contribution < -0.4 is 15.4 Å². The van der Waals surface area contributed by atoms with E-state index < -0.39 is 24.9 Å². The van der Waals surface area contributed by atoms with Crippen LogP contribution in [0.25, 0.3) is 0 Å². The Kier molecular flexibility index (Phi) is 8.75. The number of nitrogens with one attached hydrogen (secondary N) is 2. The summed E-state index contributed by atoms with van der Waals surface area (Å²) in [5.74, 6) is -0.247. The van der Waals surface area contributed by atoms with Gasteiger partial charge in [0, 0.05) is 23.4 Å². The topological polar surface area (TPSA) is 102 Å². The molecule has 0 fully saturated rings. The highest BCUT2D eigenvalue weighted by Crippen LogP contribution is 2.20. The third-order valence-corrected chi connectivity index (χ3v) is 4.48. The van der Waals surface area contributed by atoms with E-state index in [9.17, 15) is 22.8 Å². The van der Waals surface area contributed by atoms with E-state index in [0.717, 1.165) is 5.56 Å². The Labute approximate surface area is 189 Å². The van der Waals surface area contributed by atoms with E-state index >= 15 is 0 Å². The molecular formula is C22H27F3N4O4. The molecule has 33 heavy (non-hydrogen) atoms. The molecule has 2 heterocycles. The van der Waals surface area contributed by atoms with Crippen molar-refractivity contribution in [3.63, 3.8) is 0 Å². The number of alkyl halides is 3. The lowest BCUT2D eigenvalue weighted by atomic mass is 10.1. The van der Waals surface area contributed by atoms with Gasteiger partial charge in [-0.15, -0.1) is 13.2 Å². The van der Waals surface area contributed by atoms with Crippen molar-refractivity contribution in [1.82, 2.24) is 15.3 Å². The standard InChI is InChI=1S/C22H27F3N4O4/c1-12(2)19(30)29-18-10-16(9-14(4)27-18)15(5)28-20(31)17-8-13(3)21(26-11-17)32-6-7-33-22(23,24)25/h8-12,15H,6-7H2,1-5H3,(H,28,31)(H,27,29,30). The number of pyridine rings is 2. The third kappa shape index (κ3) is 8.33. The fraction of sp³-hybridized carbons (Fsp3) is 0.455. The van der Waals surface area contributed by atoms with Crippen LogP contribution in [0.3, 0.4) is 0 Å². The molecule has 0 aliphatic carbocycles. The first-order valence-corrected chi connectivity index (χ1v) is 10.3. The molecule has 0 aromatic carbocycles. The monoisotopic (exact) mass is 468 g/mol. The largest absolute Gasteiger partial charge is 0.522 e. The van der Waals surface area contributed by atoms with Crippen molar-refractivity contribution < 1.29 is 32.2 Å². The zero-order valence-corrected chi connectivity index (χ0v) is 19.0. The van der Waals surface area contributed by atoms with E-state index in [4.69, 9.17) is 4.74 Å². The maximum absolute atomic E-state index is 12.7. The van der Waals surface area contributed by atoms with Crippen LogP contribution in [0.5, 0.6) is 5.88 Å². The van der Waals surface area contributed by atoms with Gasteiger partial charge in [-0.3, -0.25) is 14.3 Å². The summed E-state index contributed by atoms with van der Waals surface area (Å²) in [6.45, 7) is 7.74. The lowest BCUT2D eigenvalue weighted by Gasteiger charge is -2.17. The minimum absolute atomic E-state index is 0.112. The zero-order chi connectivity index (χ0) is 24.8. The van der Waals surface area contributed by atoms with E-state index in [0.29, 0.717) is 17.1 Å². The van der Waals surface area contributed by atoms with Crippen molar-refractivity contribution in [1.29, 1.82) is 0 Å². The molecule has 2 amide bonds. The van der Waals surface area contributed by atoms with E-state index in [1.54, 1.807) is 46.8 Å². The number of hydrogen-bond donors (Lipinski definition) is 2. The molecule has 0 spiro atoms. The number of carbonyl (C=O) groups is 2. The van der Waals surface area contributed by atoms with Gasteiger partial charge in [-0.05, 0) is 44.5 Å². The molecule has 1 unspecified atom stereocenters. The van der Waals surface area contributed by atoms with Crippen LogP contribution in [0.4, 0.5) is 19.0 Å². The second kappa shape index (κ2) is 11.1. The maximum atomic E-state index is 12.7. The second-order valence-electron chi connectivity index (χ2n) is 7.75. The summed E-state index contributed by atoms with van der Waals surface area (Å²) in [5, 5.41) is 5.60. The van der Waals surface area contributed by atoms with E-state index in [1.165, 1.54) is 12.3 Å². The number of amides is 2. The molecule has 180 valence electrons. The number of carbonyl (C=O) groups excluding carboxylic acids is 2. The predicted molar refractivity (Wildman–Crippen MR) is 115 cm³/mol. The lowest BCUT2D eigenvalue weighted by molar-refractivity contribution is -0.325. The smallest absolute Gasteiger partial charge is 0.475 e. The van der Waals surface area contributed by atoms with Gasteiger partial charge in [0.15, 0.2) is 0 Å². The minimum atomic E-state index is -4.72. The summed E-state index contributed by atoms with van der Waals surface area (Å²) in [6, 6.07) is 4.63. The van der Waals surface area contributed by atoms with Gasteiger partial charge in [0.25, 0.3) is 5.91 Å². The molecule has 2 N–H and O–H groups in total. The van der Waals surface area contributed by atoms with Gasteiger partial charge in [-0.2, -0.15) is 0 Å². The summed E-state index contributed by atoms with van der Waals surface area (Å²) < 4.78 is 44.8. The molecule has 2 aromatic rings. The van der Waals surface area contributed by atoms with Crippen LogP contribution in [-0.2, 0) is 9.53 Å². The Morgan fingerprint density at radius 3 is 2.39 bits per heavy atom. The van der Waals surface area contributed by atoms with E-state index in [1.807, 2.05) is 0 Å². The van der Waals surface area contributed by atoms with Crippen molar-refractivity contribution in [2.75, 3.05) is 18.5 Å². The number of rotatable bonds is 9.